The summed E-state index contributed by atoms with van der Waals surface area (Å²) in [7, 11) is 0. The van der Waals surface area contributed by atoms with Gasteiger partial charge in [0.25, 0.3) is 5.91 Å². The van der Waals surface area contributed by atoms with E-state index in [2.05, 4.69) is 15.3 Å². The first kappa shape index (κ1) is 10.9. The summed E-state index contributed by atoms with van der Waals surface area (Å²) in [5.41, 5.74) is 1.07. The molecule has 0 aliphatic heterocycles. The Bertz CT molecular complexity index is 670. The minimum absolute atomic E-state index is 0.225. The number of aromatic nitrogens is 3. The van der Waals surface area contributed by atoms with Crippen LogP contribution in [-0.2, 0) is 0 Å². The van der Waals surface area contributed by atoms with Crippen LogP contribution >= 0.6 is 11.3 Å². The highest BCUT2D eigenvalue weighted by Gasteiger charge is 2.12. The third-order valence-electron chi connectivity index (χ3n) is 2.42. The molecular formula is C12H10N4OS. The van der Waals surface area contributed by atoms with Crippen LogP contribution in [0.2, 0.25) is 0 Å². The Morgan fingerprint density at radius 3 is 3.06 bits per heavy atom. The Morgan fingerprint density at radius 1 is 1.44 bits per heavy atom. The zero-order valence-electron chi connectivity index (χ0n) is 9.62. The number of fused-ring (bicyclic) bond motifs is 1. The Balaban J connectivity index is 1.85. The van der Waals surface area contributed by atoms with Crippen LogP contribution in [0.15, 0.2) is 36.9 Å². The van der Waals surface area contributed by atoms with Crippen molar-refractivity contribution in [2.45, 2.75) is 6.92 Å². The second-order valence-corrected chi connectivity index (χ2v) is 5.07. The van der Waals surface area contributed by atoms with Crippen molar-refractivity contribution >= 4 is 27.9 Å². The van der Waals surface area contributed by atoms with Gasteiger partial charge in [-0.15, -0.1) is 11.3 Å². The number of imidazole rings is 1. The maximum absolute atomic E-state index is 12.0. The normalized spacial score (nSPS) is 10.7. The lowest BCUT2D eigenvalue weighted by atomic mass is 10.4. The summed E-state index contributed by atoms with van der Waals surface area (Å²) in [5.74, 6) is -0.225. The summed E-state index contributed by atoms with van der Waals surface area (Å²) in [5, 5.41) is 2.75. The number of nitrogens with one attached hydrogen (secondary N) is 1. The van der Waals surface area contributed by atoms with Gasteiger partial charge < -0.3 is 5.32 Å². The molecule has 0 fully saturated rings. The summed E-state index contributed by atoms with van der Waals surface area (Å²) < 4.78 is 1.86. The predicted molar refractivity (Wildman–Crippen MR) is 70.0 cm³/mol. The molecule has 0 spiro atoms. The van der Waals surface area contributed by atoms with Crippen molar-refractivity contribution in [3.05, 3.63) is 47.5 Å². The number of pyridine rings is 1. The van der Waals surface area contributed by atoms with Gasteiger partial charge in [0.15, 0.2) is 4.96 Å². The van der Waals surface area contributed by atoms with Gasteiger partial charge in [0, 0.05) is 23.5 Å². The minimum Gasteiger partial charge on any atom is -0.319 e. The SMILES string of the molecule is Cc1cn2cc(C(=O)Nc3cccnc3)nc2s1. The smallest absolute Gasteiger partial charge is 0.275 e. The molecule has 5 nitrogen and oxygen atoms in total. The standard InChI is InChI=1S/C12H10N4OS/c1-8-6-16-7-10(15-12(16)18-8)11(17)14-9-3-2-4-13-5-9/h2-7H,1H3,(H,14,17). The van der Waals surface area contributed by atoms with Gasteiger partial charge in [-0.05, 0) is 19.1 Å². The summed E-state index contributed by atoms with van der Waals surface area (Å²) >= 11 is 1.56. The number of hydrogen-bond donors (Lipinski definition) is 1. The molecule has 3 aromatic heterocycles. The minimum atomic E-state index is -0.225. The van der Waals surface area contributed by atoms with Gasteiger partial charge in [-0.1, -0.05) is 0 Å². The number of anilines is 1. The van der Waals surface area contributed by atoms with Crippen molar-refractivity contribution in [1.29, 1.82) is 0 Å². The van der Waals surface area contributed by atoms with Crippen molar-refractivity contribution in [3.63, 3.8) is 0 Å². The monoisotopic (exact) mass is 258 g/mol. The molecule has 3 aromatic rings. The summed E-state index contributed by atoms with van der Waals surface area (Å²) in [6, 6.07) is 3.55. The van der Waals surface area contributed by atoms with Crippen molar-refractivity contribution in [2.75, 3.05) is 5.32 Å². The Hall–Kier alpha value is -2.21. The number of thiazole rings is 1. The molecule has 1 N–H and O–H groups in total. The van der Waals surface area contributed by atoms with Crippen LogP contribution in [0.3, 0.4) is 0 Å². The van der Waals surface area contributed by atoms with E-state index in [1.165, 1.54) is 0 Å². The van der Waals surface area contributed by atoms with Gasteiger partial charge in [-0.25, -0.2) is 4.98 Å². The first-order valence-electron chi connectivity index (χ1n) is 5.39. The average molecular weight is 258 g/mol. The molecule has 0 atom stereocenters. The summed E-state index contributed by atoms with van der Waals surface area (Å²) in [4.78, 5) is 22.2. The lowest BCUT2D eigenvalue weighted by Crippen LogP contribution is -2.12. The van der Waals surface area contributed by atoms with Gasteiger partial charge in [-0.2, -0.15) is 0 Å². The zero-order chi connectivity index (χ0) is 12.5. The Kier molecular flexibility index (Phi) is 2.56. The molecule has 0 aliphatic carbocycles. The van der Waals surface area contributed by atoms with Gasteiger partial charge >= 0.3 is 0 Å². The number of hydrogen-bond acceptors (Lipinski definition) is 4. The van der Waals surface area contributed by atoms with E-state index in [-0.39, 0.29) is 5.91 Å². The van der Waals surface area contributed by atoms with E-state index < -0.39 is 0 Å². The van der Waals surface area contributed by atoms with Crippen LogP contribution in [-0.4, -0.2) is 20.3 Å². The van der Waals surface area contributed by atoms with E-state index in [1.54, 1.807) is 42.1 Å². The van der Waals surface area contributed by atoms with Gasteiger partial charge in [0.05, 0.1) is 11.9 Å². The van der Waals surface area contributed by atoms with Crippen LogP contribution in [0, 0.1) is 6.92 Å². The molecule has 0 aromatic carbocycles. The van der Waals surface area contributed by atoms with E-state index in [9.17, 15) is 4.79 Å². The molecule has 1 amide bonds. The number of nitrogens with zero attached hydrogens (tertiary/aromatic N) is 3. The third-order valence-corrected chi connectivity index (χ3v) is 3.34. The predicted octanol–water partition coefficient (Wildman–Crippen LogP) is 2.35. The molecule has 0 aliphatic rings. The Morgan fingerprint density at radius 2 is 2.33 bits per heavy atom. The Labute approximate surface area is 107 Å². The fourth-order valence-electron chi connectivity index (χ4n) is 1.65. The van der Waals surface area contributed by atoms with E-state index in [0.717, 1.165) is 9.84 Å². The van der Waals surface area contributed by atoms with E-state index in [4.69, 9.17) is 0 Å². The molecule has 3 rings (SSSR count). The molecule has 3 heterocycles. The molecule has 0 unspecified atom stereocenters. The molecule has 0 bridgehead atoms. The summed E-state index contributed by atoms with van der Waals surface area (Å²) in [6.45, 7) is 2.01. The molecule has 0 radical (unpaired) electrons. The maximum atomic E-state index is 12.0. The van der Waals surface area contributed by atoms with E-state index in [0.29, 0.717) is 11.4 Å². The molecule has 18 heavy (non-hydrogen) atoms. The molecule has 0 saturated heterocycles. The second kappa shape index (κ2) is 4.23. The molecule has 6 heteroatoms. The number of rotatable bonds is 2. The molecule has 90 valence electrons. The lowest BCUT2D eigenvalue weighted by molar-refractivity contribution is 0.102. The number of amides is 1. The molecular weight excluding hydrogens is 248 g/mol. The largest absolute Gasteiger partial charge is 0.319 e. The highest BCUT2D eigenvalue weighted by Crippen LogP contribution is 2.17. The number of carbonyl (C=O) groups excluding carboxylic acids is 1. The van der Waals surface area contributed by atoms with Gasteiger partial charge in [0.1, 0.15) is 5.69 Å². The fourth-order valence-corrected chi connectivity index (χ4v) is 2.46. The maximum Gasteiger partial charge on any atom is 0.275 e. The van der Waals surface area contributed by atoms with Gasteiger partial charge in [-0.3, -0.25) is 14.2 Å². The highest BCUT2D eigenvalue weighted by atomic mass is 32.1. The van der Waals surface area contributed by atoms with Gasteiger partial charge in [0.2, 0.25) is 0 Å². The van der Waals surface area contributed by atoms with Crippen LogP contribution < -0.4 is 5.32 Å². The number of carbonyl (C=O) groups is 1. The summed E-state index contributed by atoms with van der Waals surface area (Å²) in [6.07, 6.45) is 6.93. The topological polar surface area (TPSA) is 59.3 Å². The van der Waals surface area contributed by atoms with Crippen LogP contribution in [0.4, 0.5) is 5.69 Å². The first-order chi connectivity index (χ1) is 8.72. The first-order valence-corrected chi connectivity index (χ1v) is 6.20. The van der Waals surface area contributed by atoms with Crippen molar-refractivity contribution in [2.24, 2.45) is 0 Å². The van der Waals surface area contributed by atoms with E-state index in [1.807, 2.05) is 17.5 Å². The van der Waals surface area contributed by atoms with Crippen molar-refractivity contribution < 1.29 is 4.79 Å². The van der Waals surface area contributed by atoms with Crippen molar-refractivity contribution in [3.8, 4) is 0 Å². The average Bonchev–Trinajstić information content (AvgIpc) is 2.87. The zero-order valence-corrected chi connectivity index (χ0v) is 10.4. The highest BCUT2D eigenvalue weighted by molar-refractivity contribution is 7.17. The molecule has 0 saturated carbocycles. The van der Waals surface area contributed by atoms with Crippen molar-refractivity contribution in [1.82, 2.24) is 14.4 Å². The lowest BCUT2D eigenvalue weighted by Gasteiger charge is -2.00. The quantitative estimate of drug-likeness (QED) is 0.767. The van der Waals surface area contributed by atoms with E-state index >= 15 is 0 Å². The fraction of sp³-hybridized carbons (Fsp3) is 0.0833. The second-order valence-electron chi connectivity index (χ2n) is 3.85. The van der Waals surface area contributed by atoms with Crippen LogP contribution in [0.1, 0.15) is 15.4 Å². The third kappa shape index (κ3) is 1.98. The number of aryl methyl sites for hydroxylation is 1. The van der Waals surface area contributed by atoms with Crippen LogP contribution in [0.5, 0.6) is 0 Å². The van der Waals surface area contributed by atoms with Crippen LogP contribution in [0.25, 0.3) is 4.96 Å².